The summed E-state index contributed by atoms with van der Waals surface area (Å²) < 4.78 is 5.60. The molecule has 2 aliphatic carbocycles. The average molecular weight is 497 g/mol. The number of amides is 2. The van der Waals surface area contributed by atoms with Crippen molar-refractivity contribution in [1.29, 1.82) is 0 Å². The van der Waals surface area contributed by atoms with Crippen LogP contribution in [0.5, 0.6) is 0 Å². The fourth-order valence-corrected chi connectivity index (χ4v) is 6.38. The molecule has 186 valence electrons. The van der Waals surface area contributed by atoms with E-state index in [0.29, 0.717) is 5.25 Å². The maximum atomic E-state index is 13.3. The van der Waals surface area contributed by atoms with Crippen LogP contribution >= 0.6 is 11.8 Å². The van der Waals surface area contributed by atoms with E-state index in [9.17, 15) is 14.4 Å². The average Bonchev–Trinajstić information content (AvgIpc) is 3.47. The monoisotopic (exact) mass is 496 g/mol. The van der Waals surface area contributed by atoms with E-state index in [1.165, 1.54) is 0 Å². The van der Waals surface area contributed by atoms with Gasteiger partial charge in [-0.2, -0.15) is 11.8 Å². The second-order valence-electron chi connectivity index (χ2n) is 9.18. The van der Waals surface area contributed by atoms with Gasteiger partial charge in [0, 0.05) is 30.7 Å². The van der Waals surface area contributed by atoms with Crippen LogP contribution in [0.25, 0.3) is 11.1 Å². The molecule has 35 heavy (non-hydrogen) atoms. The number of nitrogens with one attached hydrogen (secondary N) is 1. The van der Waals surface area contributed by atoms with Crippen molar-refractivity contribution in [3.8, 4) is 11.1 Å². The molecule has 0 aliphatic heterocycles. The van der Waals surface area contributed by atoms with Gasteiger partial charge in [0.25, 0.3) is 0 Å². The minimum atomic E-state index is -1.01. The topological polar surface area (TPSA) is 95.9 Å². The molecule has 1 fully saturated rings. The summed E-state index contributed by atoms with van der Waals surface area (Å²) in [6.45, 7) is 0.132. The summed E-state index contributed by atoms with van der Waals surface area (Å²) in [7, 11) is 1.74. The molecule has 3 unspecified atom stereocenters. The normalized spacial score (nSPS) is 19.5. The van der Waals surface area contributed by atoms with E-state index >= 15 is 0 Å². The Balaban J connectivity index is 1.43. The standard InChI is InChI=1S/C27H32N2O5S/c1-29(23-12-7-13-24(23)35-2)26(32)22(14-15-25(30)31)28-27(33)34-16-21-19-10-5-3-8-17(19)18-9-4-6-11-20(18)21/h3-6,8-11,21-24H,7,12-16H2,1-2H3,(H,28,33)(H,30,31). The fourth-order valence-electron chi connectivity index (χ4n) is 5.34. The number of benzene rings is 2. The number of thioether (sulfide) groups is 1. The number of carboxylic acid groups (broad SMARTS) is 1. The number of rotatable bonds is 9. The van der Waals surface area contributed by atoms with Crippen molar-refractivity contribution in [3.05, 3.63) is 59.7 Å². The minimum absolute atomic E-state index is 0.0133. The second-order valence-corrected chi connectivity index (χ2v) is 10.3. The highest BCUT2D eigenvalue weighted by atomic mass is 32.2. The quantitative estimate of drug-likeness (QED) is 0.531. The van der Waals surface area contributed by atoms with Gasteiger partial charge in [-0.1, -0.05) is 55.0 Å². The summed E-state index contributed by atoms with van der Waals surface area (Å²) in [4.78, 5) is 39.0. The number of carbonyl (C=O) groups excluding carboxylic acids is 2. The number of nitrogens with zero attached hydrogens (tertiary/aromatic N) is 1. The molecule has 2 aliphatic rings. The number of ether oxygens (including phenoxy) is 1. The highest BCUT2D eigenvalue weighted by Crippen LogP contribution is 2.44. The zero-order valence-electron chi connectivity index (χ0n) is 20.1. The summed E-state index contributed by atoms with van der Waals surface area (Å²) in [6.07, 6.45) is 4.12. The van der Waals surface area contributed by atoms with E-state index in [2.05, 4.69) is 17.4 Å². The lowest BCUT2D eigenvalue weighted by atomic mass is 9.98. The first-order valence-electron chi connectivity index (χ1n) is 12.0. The first-order valence-corrected chi connectivity index (χ1v) is 13.3. The molecule has 7 nitrogen and oxygen atoms in total. The second kappa shape index (κ2) is 11.2. The van der Waals surface area contributed by atoms with E-state index < -0.39 is 18.1 Å². The third-order valence-corrected chi connectivity index (χ3v) is 8.30. The predicted octanol–water partition coefficient (Wildman–Crippen LogP) is 4.50. The van der Waals surface area contributed by atoms with Crippen LogP contribution in [0.1, 0.15) is 49.1 Å². The number of fused-ring (bicyclic) bond motifs is 3. The Labute approximate surface area is 210 Å². The molecule has 2 N–H and O–H groups in total. The Morgan fingerprint density at radius 3 is 2.31 bits per heavy atom. The van der Waals surface area contributed by atoms with Crippen LogP contribution in [0.4, 0.5) is 4.79 Å². The molecule has 0 saturated heterocycles. The van der Waals surface area contributed by atoms with Crippen molar-refractivity contribution in [2.45, 2.75) is 55.4 Å². The van der Waals surface area contributed by atoms with Crippen molar-refractivity contribution in [1.82, 2.24) is 10.2 Å². The summed E-state index contributed by atoms with van der Waals surface area (Å²) in [5.41, 5.74) is 4.47. The van der Waals surface area contributed by atoms with Gasteiger partial charge in [-0.05, 0) is 47.8 Å². The molecule has 0 radical (unpaired) electrons. The van der Waals surface area contributed by atoms with Gasteiger partial charge in [-0.25, -0.2) is 4.79 Å². The molecule has 8 heteroatoms. The largest absolute Gasteiger partial charge is 0.481 e. The van der Waals surface area contributed by atoms with Crippen LogP contribution < -0.4 is 5.32 Å². The maximum absolute atomic E-state index is 13.3. The Bertz CT molecular complexity index is 1050. The zero-order valence-corrected chi connectivity index (χ0v) is 20.9. The predicted molar refractivity (Wildman–Crippen MR) is 137 cm³/mol. The van der Waals surface area contributed by atoms with Gasteiger partial charge in [0.2, 0.25) is 5.91 Å². The molecule has 2 aromatic carbocycles. The van der Waals surface area contributed by atoms with Gasteiger partial charge in [0.1, 0.15) is 12.6 Å². The van der Waals surface area contributed by atoms with E-state index in [-0.39, 0.29) is 37.3 Å². The fraction of sp³-hybridized carbons (Fsp3) is 0.444. The van der Waals surface area contributed by atoms with Crippen LogP contribution in [0.2, 0.25) is 0 Å². The van der Waals surface area contributed by atoms with Gasteiger partial charge in [-0.15, -0.1) is 0 Å². The molecule has 2 amide bonds. The first-order chi connectivity index (χ1) is 16.9. The molecule has 2 aromatic rings. The van der Waals surface area contributed by atoms with Crippen molar-refractivity contribution in [3.63, 3.8) is 0 Å². The SMILES string of the molecule is CSC1CCCC1N(C)C(=O)C(CCC(=O)O)NC(=O)OCC1c2ccccc2-c2ccccc21. The third kappa shape index (κ3) is 5.48. The van der Waals surface area contributed by atoms with Crippen molar-refractivity contribution in [2.24, 2.45) is 0 Å². The smallest absolute Gasteiger partial charge is 0.407 e. The molecule has 0 bridgehead atoms. The van der Waals surface area contributed by atoms with E-state index in [4.69, 9.17) is 9.84 Å². The number of hydrogen-bond acceptors (Lipinski definition) is 5. The van der Waals surface area contributed by atoms with Gasteiger partial charge < -0.3 is 20.1 Å². The summed E-state index contributed by atoms with van der Waals surface area (Å²) >= 11 is 1.74. The Kier molecular flexibility index (Phi) is 8.00. The van der Waals surface area contributed by atoms with Crippen LogP contribution in [0.15, 0.2) is 48.5 Å². The Morgan fingerprint density at radius 2 is 1.71 bits per heavy atom. The van der Waals surface area contributed by atoms with E-state index in [0.717, 1.165) is 41.5 Å². The number of alkyl carbamates (subject to hydrolysis) is 1. The molecule has 0 aromatic heterocycles. The number of hydrogen-bond donors (Lipinski definition) is 2. The highest BCUT2D eigenvalue weighted by molar-refractivity contribution is 7.99. The lowest BCUT2D eigenvalue weighted by molar-refractivity contribution is -0.138. The van der Waals surface area contributed by atoms with Crippen molar-refractivity contribution in [2.75, 3.05) is 19.9 Å². The van der Waals surface area contributed by atoms with Gasteiger partial charge in [-0.3, -0.25) is 9.59 Å². The molecular weight excluding hydrogens is 464 g/mol. The molecule has 0 spiro atoms. The minimum Gasteiger partial charge on any atom is -0.481 e. The summed E-state index contributed by atoms with van der Waals surface area (Å²) in [5.74, 6) is -1.38. The molecule has 0 heterocycles. The molecule has 1 saturated carbocycles. The zero-order chi connectivity index (χ0) is 24.9. The molecule has 3 atom stereocenters. The van der Waals surface area contributed by atoms with Crippen LogP contribution in [0, 0.1) is 0 Å². The maximum Gasteiger partial charge on any atom is 0.407 e. The van der Waals surface area contributed by atoms with Crippen LogP contribution in [-0.4, -0.2) is 65.2 Å². The van der Waals surface area contributed by atoms with Crippen molar-refractivity contribution >= 4 is 29.7 Å². The number of carbonyl (C=O) groups is 3. The van der Waals surface area contributed by atoms with Gasteiger partial charge in [0.15, 0.2) is 0 Å². The summed E-state index contributed by atoms with van der Waals surface area (Å²) in [5, 5.41) is 12.2. The number of aliphatic carboxylic acids is 1. The first kappa shape index (κ1) is 25.1. The summed E-state index contributed by atoms with van der Waals surface area (Å²) in [6, 6.07) is 15.3. The van der Waals surface area contributed by atoms with E-state index in [1.54, 1.807) is 23.7 Å². The van der Waals surface area contributed by atoms with Crippen LogP contribution in [0.3, 0.4) is 0 Å². The van der Waals surface area contributed by atoms with Crippen LogP contribution in [-0.2, 0) is 14.3 Å². The van der Waals surface area contributed by atoms with Gasteiger partial charge >= 0.3 is 12.1 Å². The molecular formula is C27H32N2O5S. The lowest BCUT2D eigenvalue weighted by Gasteiger charge is -2.32. The third-order valence-electron chi connectivity index (χ3n) is 7.15. The van der Waals surface area contributed by atoms with Gasteiger partial charge in [0.05, 0.1) is 0 Å². The molecule has 4 rings (SSSR count). The lowest BCUT2D eigenvalue weighted by Crippen LogP contribution is -2.52. The highest BCUT2D eigenvalue weighted by Gasteiger charge is 2.36. The number of carboxylic acids is 1. The number of likely N-dealkylation sites (N-methyl/N-ethyl adjacent to an activating group) is 1. The Hall–Kier alpha value is -3.00. The van der Waals surface area contributed by atoms with Crippen molar-refractivity contribution < 1.29 is 24.2 Å². The Morgan fingerprint density at radius 1 is 1.09 bits per heavy atom. The van der Waals surface area contributed by atoms with E-state index in [1.807, 2.05) is 42.7 Å².